The molecule has 0 atom stereocenters. The third-order valence-electron chi connectivity index (χ3n) is 1.40. The minimum Gasteiger partial charge on any atom is -0.393 e. The van der Waals surface area contributed by atoms with Gasteiger partial charge in [0.2, 0.25) is 0 Å². The molecule has 0 bridgehead atoms. The van der Waals surface area contributed by atoms with E-state index in [0.29, 0.717) is 10.8 Å². The molecule has 17 heavy (non-hydrogen) atoms. The zero-order chi connectivity index (χ0) is 12.9. The molecule has 1 rings (SSSR count). The molecule has 0 aromatic heterocycles. The number of ether oxygens (including phenoxy) is 1. The van der Waals surface area contributed by atoms with E-state index in [9.17, 15) is 4.79 Å². The van der Waals surface area contributed by atoms with Crippen molar-refractivity contribution < 1.29 is 24.3 Å². The summed E-state index contributed by atoms with van der Waals surface area (Å²) in [5, 5.41) is 4.80. The molecule has 0 radical (unpaired) electrons. The first-order valence-corrected chi connectivity index (χ1v) is 5.24. The van der Waals surface area contributed by atoms with Crippen LogP contribution in [0, 0.1) is 0 Å². The van der Waals surface area contributed by atoms with Crippen LogP contribution in [0.1, 0.15) is 20.8 Å². The topological polar surface area (TPSA) is 54.0 Å². The Hall–Kier alpha value is -1.30. The van der Waals surface area contributed by atoms with E-state index in [1.807, 2.05) is 0 Å². The second-order valence-electron chi connectivity index (χ2n) is 4.15. The van der Waals surface area contributed by atoms with Crippen molar-refractivity contribution in [2.45, 2.75) is 26.4 Å². The van der Waals surface area contributed by atoms with E-state index in [1.165, 1.54) is 12.1 Å². The Morgan fingerprint density at radius 3 is 2.29 bits per heavy atom. The van der Waals surface area contributed by atoms with Gasteiger partial charge in [-0.3, -0.25) is 0 Å². The van der Waals surface area contributed by atoms with Crippen LogP contribution in [0.15, 0.2) is 24.3 Å². The maximum atomic E-state index is 11.1. The van der Waals surface area contributed by atoms with E-state index in [-0.39, 0.29) is 0 Å². The molecule has 0 heterocycles. The molecule has 0 fully saturated rings. The molecular weight excluding hydrogens is 248 g/mol. The van der Waals surface area contributed by atoms with Crippen molar-refractivity contribution in [2.75, 3.05) is 0 Å². The van der Waals surface area contributed by atoms with Gasteiger partial charge in [0, 0.05) is 5.02 Å². The van der Waals surface area contributed by atoms with Crippen molar-refractivity contribution in [1.29, 1.82) is 0 Å². The van der Waals surface area contributed by atoms with Crippen molar-refractivity contribution in [3.8, 4) is 5.75 Å². The number of benzene rings is 1. The third kappa shape index (κ3) is 6.11. The Morgan fingerprint density at radius 1 is 1.18 bits per heavy atom. The Morgan fingerprint density at radius 2 is 1.76 bits per heavy atom. The number of hydrogen-bond acceptors (Lipinski definition) is 5. The van der Waals surface area contributed by atoms with Crippen LogP contribution in [0.5, 0.6) is 5.75 Å². The van der Waals surface area contributed by atoms with E-state index in [1.54, 1.807) is 32.9 Å². The molecule has 6 heteroatoms. The lowest BCUT2D eigenvalue weighted by atomic mass is 10.2. The molecular formula is C11H13ClO5. The maximum Gasteiger partial charge on any atom is 0.548 e. The van der Waals surface area contributed by atoms with E-state index in [4.69, 9.17) is 21.2 Å². The highest BCUT2D eigenvalue weighted by molar-refractivity contribution is 6.30. The molecule has 94 valence electrons. The van der Waals surface area contributed by atoms with E-state index < -0.39 is 11.8 Å². The summed E-state index contributed by atoms with van der Waals surface area (Å²) < 4.78 is 4.76. The van der Waals surface area contributed by atoms with Gasteiger partial charge in [0.25, 0.3) is 0 Å². The van der Waals surface area contributed by atoms with Gasteiger partial charge in [-0.2, -0.15) is 4.89 Å². The normalized spacial score (nSPS) is 11.1. The number of carbonyl (C=O) groups is 1. The number of halogens is 1. The monoisotopic (exact) mass is 260 g/mol. The van der Waals surface area contributed by atoms with Crippen LogP contribution in [-0.4, -0.2) is 11.8 Å². The fourth-order valence-electron chi connectivity index (χ4n) is 0.763. The first-order chi connectivity index (χ1) is 7.87. The molecule has 0 N–H and O–H groups in total. The van der Waals surface area contributed by atoms with Gasteiger partial charge in [-0.15, -0.1) is 0 Å². The van der Waals surface area contributed by atoms with Crippen LogP contribution >= 0.6 is 11.6 Å². The van der Waals surface area contributed by atoms with Crippen molar-refractivity contribution >= 4 is 17.8 Å². The molecule has 1 aromatic carbocycles. The quantitative estimate of drug-likeness (QED) is 0.360. The Bertz CT molecular complexity index is 368. The van der Waals surface area contributed by atoms with Crippen LogP contribution < -0.4 is 4.74 Å². The Kier molecular flexibility index (Phi) is 4.74. The highest BCUT2D eigenvalue weighted by Crippen LogP contribution is 2.16. The van der Waals surface area contributed by atoms with Crippen LogP contribution in [0.2, 0.25) is 5.02 Å². The van der Waals surface area contributed by atoms with Crippen LogP contribution in [0.3, 0.4) is 0 Å². The fraction of sp³-hybridized carbons (Fsp3) is 0.364. The SMILES string of the molecule is CC(C)(C)OOOC(=O)Oc1ccc(Cl)cc1. The lowest BCUT2D eigenvalue weighted by Crippen LogP contribution is -2.21. The summed E-state index contributed by atoms with van der Waals surface area (Å²) in [7, 11) is 0. The Balaban J connectivity index is 2.32. The predicted octanol–water partition coefficient (Wildman–Crippen LogP) is 3.52. The van der Waals surface area contributed by atoms with E-state index >= 15 is 0 Å². The molecule has 0 aliphatic carbocycles. The van der Waals surface area contributed by atoms with Gasteiger partial charge in [0.05, 0.1) is 5.60 Å². The van der Waals surface area contributed by atoms with Crippen LogP contribution in [0.4, 0.5) is 4.79 Å². The summed E-state index contributed by atoms with van der Waals surface area (Å²) in [5.41, 5.74) is -0.583. The molecule has 1 aromatic rings. The molecule has 5 nitrogen and oxygen atoms in total. The second-order valence-corrected chi connectivity index (χ2v) is 4.59. The standard InChI is InChI=1S/C11H13ClO5/c1-11(2,3)16-17-15-10(13)14-9-6-4-8(12)5-7-9/h4-7H,1-3H3. The van der Waals surface area contributed by atoms with E-state index in [2.05, 4.69) is 9.93 Å². The molecule has 0 saturated carbocycles. The second kappa shape index (κ2) is 5.86. The van der Waals surface area contributed by atoms with Crippen molar-refractivity contribution in [1.82, 2.24) is 0 Å². The third-order valence-corrected chi connectivity index (χ3v) is 1.65. The summed E-state index contributed by atoms with van der Waals surface area (Å²) >= 11 is 5.67. The molecule has 0 aliphatic heterocycles. The molecule has 0 unspecified atom stereocenters. The lowest BCUT2D eigenvalue weighted by Gasteiger charge is -2.14. The fourth-order valence-corrected chi connectivity index (χ4v) is 0.889. The molecule has 0 spiro atoms. The highest BCUT2D eigenvalue weighted by Gasteiger charge is 2.15. The average Bonchev–Trinajstić information content (AvgIpc) is 2.19. The smallest absolute Gasteiger partial charge is 0.393 e. The largest absolute Gasteiger partial charge is 0.548 e. The number of carbonyl (C=O) groups excluding carboxylic acids is 1. The molecule has 0 amide bonds. The van der Waals surface area contributed by atoms with Gasteiger partial charge >= 0.3 is 6.16 Å². The number of rotatable bonds is 3. The predicted molar refractivity (Wildman–Crippen MR) is 60.5 cm³/mol. The summed E-state index contributed by atoms with van der Waals surface area (Å²) in [5.74, 6) is 0.291. The Labute approximate surface area is 104 Å². The molecule has 0 aliphatic rings. The van der Waals surface area contributed by atoms with Crippen LogP contribution in [-0.2, 0) is 14.8 Å². The summed E-state index contributed by atoms with van der Waals surface area (Å²) in [6.45, 7) is 5.21. The van der Waals surface area contributed by atoms with Gasteiger partial charge in [0.15, 0.2) is 0 Å². The average molecular weight is 261 g/mol. The van der Waals surface area contributed by atoms with Gasteiger partial charge in [-0.25, -0.2) is 9.68 Å². The summed E-state index contributed by atoms with van der Waals surface area (Å²) in [6, 6.07) is 6.20. The van der Waals surface area contributed by atoms with E-state index in [0.717, 1.165) is 0 Å². The van der Waals surface area contributed by atoms with Gasteiger partial charge in [-0.05, 0) is 50.1 Å². The highest BCUT2D eigenvalue weighted by atomic mass is 35.5. The lowest BCUT2D eigenvalue weighted by molar-refractivity contribution is -0.513. The van der Waals surface area contributed by atoms with Crippen molar-refractivity contribution in [2.24, 2.45) is 0 Å². The molecule has 0 saturated heterocycles. The first-order valence-electron chi connectivity index (χ1n) is 4.86. The van der Waals surface area contributed by atoms with Crippen molar-refractivity contribution in [3.63, 3.8) is 0 Å². The van der Waals surface area contributed by atoms with Gasteiger partial charge < -0.3 is 4.74 Å². The zero-order valence-corrected chi connectivity index (χ0v) is 10.5. The minimum atomic E-state index is -1.03. The maximum absolute atomic E-state index is 11.1. The van der Waals surface area contributed by atoms with Crippen LogP contribution in [0.25, 0.3) is 0 Å². The zero-order valence-electron chi connectivity index (χ0n) is 9.73. The van der Waals surface area contributed by atoms with Gasteiger partial charge in [-0.1, -0.05) is 11.6 Å². The summed E-state index contributed by atoms with van der Waals surface area (Å²) in [6.07, 6.45) is -1.03. The summed E-state index contributed by atoms with van der Waals surface area (Å²) in [4.78, 5) is 20.0. The minimum absolute atomic E-state index is 0.291. The number of hydrogen-bond donors (Lipinski definition) is 0. The van der Waals surface area contributed by atoms with Crippen molar-refractivity contribution in [3.05, 3.63) is 29.3 Å². The first kappa shape index (κ1) is 13.8. The van der Waals surface area contributed by atoms with Gasteiger partial charge in [0.1, 0.15) is 5.75 Å².